The normalized spacial score (nSPS) is 19.1. The summed E-state index contributed by atoms with van der Waals surface area (Å²) in [5.74, 6) is 0. The van der Waals surface area contributed by atoms with Gasteiger partial charge < -0.3 is 9.64 Å². The highest BCUT2D eigenvalue weighted by Gasteiger charge is 2.34. The zero-order valence-electron chi connectivity index (χ0n) is 15.3. The van der Waals surface area contributed by atoms with Crippen LogP contribution in [0.25, 0.3) is 0 Å². The summed E-state index contributed by atoms with van der Waals surface area (Å²) in [7, 11) is -3.59. The maximum Gasteiger partial charge on any atom is 0.244 e. The Labute approximate surface area is 165 Å². The zero-order valence-corrected chi connectivity index (χ0v) is 16.8. The summed E-state index contributed by atoms with van der Waals surface area (Å²) in [4.78, 5) is 2.50. The van der Waals surface area contributed by atoms with E-state index in [4.69, 9.17) is 16.3 Å². The molecule has 144 valence electrons. The number of aryl methyl sites for hydroxylation is 1. The van der Waals surface area contributed by atoms with Crippen molar-refractivity contribution >= 4 is 27.3 Å². The molecule has 0 spiro atoms. The lowest BCUT2D eigenvalue weighted by Gasteiger charge is -2.41. The van der Waals surface area contributed by atoms with Gasteiger partial charge in [0.15, 0.2) is 0 Å². The molecule has 2 aromatic carbocycles. The van der Waals surface area contributed by atoms with Crippen LogP contribution in [0.5, 0.6) is 0 Å². The predicted octanol–water partition coefficient (Wildman–Crippen LogP) is 3.80. The van der Waals surface area contributed by atoms with Gasteiger partial charge in [-0.3, -0.25) is 0 Å². The molecule has 0 atom stereocenters. The molecule has 0 saturated carbocycles. The minimum atomic E-state index is -3.59. The lowest BCUT2D eigenvalue weighted by Crippen LogP contribution is -2.48. The van der Waals surface area contributed by atoms with Crippen molar-refractivity contribution in [3.63, 3.8) is 0 Å². The first kappa shape index (κ1) is 18.7. The van der Waals surface area contributed by atoms with E-state index < -0.39 is 10.0 Å². The molecule has 2 aromatic rings. The van der Waals surface area contributed by atoms with Gasteiger partial charge in [0.1, 0.15) is 11.6 Å². The SMILES string of the molecule is Cc1cccc(Cl)c1S(=O)(=O)N1CCC(N2COCc3ccccc32)CC1. The maximum atomic E-state index is 13.1. The molecule has 0 N–H and O–H groups in total. The van der Waals surface area contributed by atoms with E-state index in [2.05, 4.69) is 17.0 Å². The largest absolute Gasteiger partial charge is 0.356 e. The number of hydrogen-bond acceptors (Lipinski definition) is 4. The van der Waals surface area contributed by atoms with Crippen molar-refractivity contribution in [1.82, 2.24) is 4.31 Å². The van der Waals surface area contributed by atoms with Crippen LogP contribution >= 0.6 is 11.6 Å². The van der Waals surface area contributed by atoms with Crippen LogP contribution in [0.3, 0.4) is 0 Å². The molecule has 0 aliphatic carbocycles. The number of nitrogens with zero attached hydrogens (tertiary/aromatic N) is 2. The van der Waals surface area contributed by atoms with Gasteiger partial charge in [0.25, 0.3) is 0 Å². The molecule has 2 aliphatic rings. The van der Waals surface area contributed by atoms with Crippen LogP contribution in [0.4, 0.5) is 5.69 Å². The predicted molar refractivity (Wildman–Crippen MR) is 107 cm³/mol. The topological polar surface area (TPSA) is 49.9 Å². The van der Waals surface area contributed by atoms with Gasteiger partial charge in [-0.15, -0.1) is 0 Å². The standard InChI is InChI=1S/C20H23ClN2O3S/c1-15-5-4-7-18(21)20(15)27(24,25)22-11-9-17(10-12-22)23-14-26-13-16-6-2-3-8-19(16)23/h2-8,17H,9-14H2,1H3. The summed E-state index contributed by atoms with van der Waals surface area (Å²) < 4.78 is 33.5. The summed E-state index contributed by atoms with van der Waals surface area (Å²) in [5.41, 5.74) is 3.07. The molecule has 0 radical (unpaired) electrons. The van der Waals surface area contributed by atoms with Crippen molar-refractivity contribution in [2.75, 3.05) is 24.7 Å². The Morgan fingerprint density at radius 3 is 2.56 bits per heavy atom. The summed E-state index contributed by atoms with van der Waals surface area (Å²) in [6.07, 6.45) is 1.53. The summed E-state index contributed by atoms with van der Waals surface area (Å²) in [5, 5.41) is 0.287. The van der Waals surface area contributed by atoms with Crippen LogP contribution in [0.15, 0.2) is 47.4 Å². The smallest absolute Gasteiger partial charge is 0.244 e. The van der Waals surface area contributed by atoms with E-state index in [9.17, 15) is 8.42 Å². The van der Waals surface area contributed by atoms with Crippen molar-refractivity contribution in [2.45, 2.75) is 37.3 Å². The summed E-state index contributed by atoms with van der Waals surface area (Å²) >= 11 is 6.21. The Kier molecular flexibility index (Phi) is 5.16. The van der Waals surface area contributed by atoms with Gasteiger partial charge in [-0.05, 0) is 37.5 Å². The van der Waals surface area contributed by atoms with Crippen LogP contribution in [0.2, 0.25) is 5.02 Å². The van der Waals surface area contributed by atoms with Crippen molar-refractivity contribution in [2.24, 2.45) is 0 Å². The van der Waals surface area contributed by atoms with Crippen LogP contribution < -0.4 is 4.90 Å². The van der Waals surface area contributed by atoms with E-state index in [1.807, 2.05) is 12.1 Å². The third-order valence-electron chi connectivity index (χ3n) is 5.41. The highest BCUT2D eigenvalue weighted by molar-refractivity contribution is 7.89. The van der Waals surface area contributed by atoms with Crippen LogP contribution in [0.1, 0.15) is 24.0 Å². The molecule has 2 heterocycles. The number of hydrogen-bond donors (Lipinski definition) is 0. The van der Waals surface area contributed by atoms with Crippen LogP contribution in [-0.2, 0) is 21.4 Å². The highest BCUT2D eigenvalue weighted by Crippen LogP contribution is 2.33. The Bertz CT molecular complexity index is 920. The molecule has 1 fully saturated rings. The summed E-state index contributed by atoms with van der Waals surface area (Å²) in [6, 6.07) is 13.7. The van der Waals surface area contributed by atoms with Gasteiger partial charge in [0.05, 0.1) is 11.6 Å². The van der Waals surface area contributed by atoms with Crippen LogP contribution in [0, 0.1) is 6.92 Å². The number of sulfonamides is 1. The quantitative estimate of drug-likeness (QED) is 0.778. The van der Waals surface area contributed by atoms with Gasteiger partial charge in [-0.2, -0.15) is 4.31 Å². The Balaban J connectivity index is 1.52. The molecule has 27 heavy (non-hydrogen) atoms. The summed E-state index contributed by atoms with van der Waals surface area (Å²) in [6.45, 7) is 3.93. The number of piperidine rings is 1. The van der Waals surface area contributed by atoms with E-state index in [1.165, 1.54) is 11.3 Å². The van der Waals surface area contributed by atoms with Crippen molar-refractivity contribution in [1.29, 1.82) is 0 Å². The maximum absolute atomic E-state index is 13.1. The molecular weight excluding hydrogens is 384 g/mol. The fourth-order valence-corrected chi connectivity index (χ4v) is 6.26. The van der Waals surface area contributed by atoms with E-state index in [1.54, 1.807) is 29.4 Å². The average molecular weight is 407 g/mol. The fraction of sp³-hybridized carbons (Fsp3) is 0.400. The molecule has 0 aromatic heterocycles. The number of benzene rings is 2. The van der Waals surface area contributed by atoms with Gasteiger partial charge in [-0.1, -0.05) is 41.9 Å². The van der Waals surface area contributed by atoms with Gasteiger partial charge >= 0.3 is 0 Å². The van der Waals surface area contributed by atoms with Gasteiger partial charge in [0.2, 0.25) is 10.0 Å². The number of anilines is 1. The number of rotatable bonds is 3. The number of halogens is 1. The zero-order chi connectivity index (χ0) is 19.0. The highest BCUT2D eigenvalue weighted by atomic mass is 35.5. The second-order valence-corrected chi connectivity index (χ2v) is 9.38. The van der Waals surface area contributed by atoms with E-state index >= 15 is 0 Å². The lowest BCUT2D eigenvalue weighted by atomic mass is 10.0. The Morgan fingerprint density at radius 2 is 1.81 bits per heavy atom. The molecule has 1 saturated heterocycles. The Hall–Kier alpha value is -1.60. The molecule has 0 bridgehead atoms. The first-order chi connectivity index (χ1) is 13.0. The monoisotopic (exact) mass is 406 g/mol. The first-order valence-corrected chi connectivity index (χ1v) is 11.0. The molecule has 7 heteroatoms. The van der Waals surface area contributed by atoms with Crippen LogP contribution in [-0.4, -0.2) is 38.6 Å². The Morgan fingerprint density at radius 1 is 1.07 bits per heavy atom. The van der Waals surface area contributed by atoms with E-state index in [-0.39, 0.29) is 16.0 Å². The number of fused-ring (bicyclic) bond motifs is 1. The second-order valence-electron chi connectivity index (χ2n) is 7.10. The van der Waals surface area contributed by atoms with E-state index in [0.29, 0.717) is 32.0 Å². The second kappa shape index (κ2) is 7.43. The van der Waals surface area contributed by atoms with Crippen molar-refractivity contribution < 1.29 is 13.2 Å². The minimum absolute atomic E-state index is 0.233. The number of ether oxygens (including phenoxy) is 1. The minimum Gasteiger partial charge on any atom is -0.356 e. The third kappa shape index (κ3) is 3.47. The molecule has 2 aliphatic heterocycles. The lowest BCUT2D eigenvalue weighted by molar-refractivity contribution is 0.0988. The van der Waals surface area contributed by atoms with E-state index in [0.717, 1.165) is 12.8 Å². The molecule has 0 amide bonds. The fourth-order valence-electron chi connectivity index (χ4n) is 4.01. The third-order valence-corrected chi connectivity index (χ3v) is 7.94. The van der Waals surface area contributed by atoms with Gasteiger partial charge in [0, 0.05) is 30.4 Å². The number of para-hydroxylation sites is 1. The molecule has 4 rings (SSSR count). The van der Waals surface area contributed by atoms with Crippen molar-refractivity contribution in [3.05, 3.63) is 58.6 Å². The molecule has 5 nitrogen and oxygen atoms in total. The first-order valence-electron chi connectivity index (χ1n) is 9.16. The molecule has 0 unspecified atom stereocenters. The average Bonchev–Trinajstić information content (AvgIpc) is 2.67. The van der Waals surface area contributed by atoms with Gasteiger partial charge in [-0.25, -0.2) is 8.42 Å². The molecular formula is C20H23ClN2O3S. The van der Waals surface area contributed by atoms with Crippen molar-refractivity contribution in [3.8, 4) is 0 Å².